The van der Waals surface area contributed by atoms with E-state index in [2.05, 4.69) is 10.6 Å². The van der Waals surface area contributed by atoms with E-state index < -0.39 is 0 Å². The summed E-state index contributed by atoms with van der Waals surface area (Å²) in [5, 5.41) is 5.55. The normalized spacial score (nSPS) is 13.6. The molecule has 0 aliphatic carbocycles. The zero-order valence-electron chi connectivity index (χ0n) is 8.98. The van der Waals surface area contributed by atoms with Gasteiger partial charge in [-0.3, -0.25) is 0 Å². The Morgan fingerprint density at radius 2 is 2.08 bits per heavy atom. The molecule has 78 valence electrons. The first-order valence-electron chi connectivity index (χ1n) is 4.71. The minimum Gasteiger partial charge on any atom is -0.338 e. The van der Waals surface area contributed by atoms with Gasteiger partial charge in [-0.2, -0.15) is 0 Å². The molecule has 0 rings (SSSR count). The number of carbonyl (C=O) groups excluding carboxylic acids is 1. The summed E-state index contributed by atoms with van der Waals surface area (Å²) in [4.78, 5) is 11.2. The number of urea groups is 1. The molecular formula is C9H21N3O. The van der Waals surface area contributed by atoms with Crippen LogP contribution in [-0.2, 0) is 0 Å². The van der Waals surface area contributed by atoms with Crippen molar-refractivity contribution in [2.24, 2.45) is 5.73 Å². The van der Waals surface area contributed by atoms with Crippen molar-refractivity contribution in [1.82, 2.24) is 10.6 Å². The van der Waals surface area contributed by atoms with E-state index in [1.807, 2.05) is 27.7 Å². The molecule has 13 heavy (non-hydrogen) atoms. The summed E-state index contributed by atoms with van der Waals surface area (Å²) in [5.74, 6) is 0. The average Bonchev–Trinajstić information content (AvgIpc) is 1.99. The standard InChI is InChI=1S/C9H21N3O/c1-5-6-11-8(13)12-9(3,4)7(2)10/h7H,5-6,10H2,1-4H3,(H2,11,12,13). The van der Waals surface area contributed by atoms with Crippen molar-refractivity contribution >= 4 is 6.03 Å². The fraction of sp³-hybridized carbons (Fsp3) is 0.889. The summed E-state index contributed by atoms with van der Waals surface area (Å²) in [6, 6.07) is -0.218. The number of nitrogens with one attached hydrogen (secondary N) is 2. The molecule has 1 unspecified atom stereocenters. The third kappa shape index (κ3) is 4.72. The number of nitrogens with two attached hydrogens (primary N) is 1. The van der Waals surface area contributed by atoms with E-state index in [0.717, 1.165) is 6.42 Å². The molecule has 2 amide bonds. The number of amides is 2. The van der Waals surface area contributed by atoms with Gasteiger partial charge < -0.3 is 16.4 Å². The highest BCUT2D eigenvalue weighted by Gasteiger charge is 2.24. The Morgan fingerprint density at radius 1 is 1.54 bits per heavy atom. The molecule has 4 heteroatoms. The zero-order chi connectivity index (χ0) is 10.5. The van der Waals surface area contributed by atoms with E-state index in [1.54, 1.807) is 0 Å². The van der Waals surface area contributed by atoms with E-state index in [4.69, 9.17) is 5.73 Å². The zero-order valence-corrected chi connectivity index (χ0v) is 8.98. The molecule has 4 nitrogen and oxygen atoms in total. The predicted octanol–water partition coefficient (Wildman–Crippen LogP) is 0.821. The van der Waals surface area contributed by atoms with Crippen molar-refractivity contribution in [1.29, 1.82) is 0 Å². The van der Waals surface area contributed by atoms with Gasteiger partial charge >= 0.3 is 6.03 Å². The maximum Gasteiger partial charge on any atom is 0.315 e. The van der Waals surface area contributed by atoms with Crippen LogP contribution in [0.15, 0.2) is 0 Å². The first kappa shape index (κ1) is 12.2. The van der Waals surface area contributed by atoms with Crippen LogP contribution in [-0.4, -0.2) is 24.2 Å². The molecule has 0 radical (unpaired) electrons. The number of hydrogen-bond donors (Lipinski definition) is 3. The lowest BCUT2D eigenvalue weighted by atomic mass is 9.97. The fourth-order valence-electron chi connectivity index (χ4n) is 0.689. The summed E-state index contributed by atoms with van der Waals surface area (Å²) >= 11 is 0. The van der Waals surface area contributed by atoms with Gasteiger partial charge in [-0.25, -0.2) is 4.79 Å². The second kappa shape index (κ2) is 5.07. The Balaban J connectivity index is 3.90. The maximum absolute atomic E-state index is 11.2. The third-order valence-electron chi connectivity index (χ3n) is 2.11. The van der Waals surface area contributed by atoms with Gasteiger partial charge in [-0.15, -0.1) is 0 Å². The summed E-state index contributed by atoms with van der Waals surface area (Å²) in [5.41, 5.74) is 5.34. The fourth-order valence-corrected chi connectivity index (χ4v) is 0.689. The Kier molecular flexibility index (Phi) is 4.77. The Hall–Kier alpha value is -0.770. The van der Waals surface area contributed by atoms with E-state index in [9.17, 15) is 4.79 Å². The van der Waals surface area contributed by atoms with Crippen LogP contribution in [0.5, 0.6) is 0 Å². The Morgan fingerprint density at radius 3 is 2.46 bits per heavy atom. The van der Waals surface area contributed by atoms with Crippen LogP contribution in [0.3, 0.4) is 0 Å². The molecule has 0 aromatic rings. The van der Waals surface area contributed by atoms with E-state index in [-0.39, 0.29) is 17.6 Å². The molecule has 4 N–H and O–H groups in total. The monoisotopic (exact) mass is 187 g/mol. The van der Waals surface area contributed by atoms with Crippen LogP contribution in [0, 0.1) is 0 Å². The Bertz CT molecular complexity index is 166. The highest BCUT2D eigenvalue weighted by atomic mass is 16.2. The maximum atomic E-state index is 11.2. The van der Waals surface area contributed by atoms with Gasteiger partial charge in [0.05, 0.1) is 5.54 Å². The molecular weight excluding hydrogens is 166 g/mol. The molecule has 0 fully saturated rings. The van der Waals surface area contributed by atoms with Crippen LogP contribution < -0.4 is 16.4 Å². The molecule has 0 aliphatic heterocycles. The molecule has 0 saturated carbocycles. The van der Waals surface area contributed by atoms with Gasteiger partial charge in [0, 0.05) is 12.6 Å². The van der Waals surface area contributed by atoms with Crippen LogP contribution >= 0.6 is 0 Å². The molecule has 0 bridgehead atoms. The summed E-state index contributed by atoms with van der Waals surface area (Å²) in [6.07, 6.45) is 0.937. The average molecular weight is 187 g/mol. The molecule has 1 atom stereocenters. The van der Waals surface area contributed by atoms with Crippen molar-refractivity contribution in [3.05, 3.63) is 0 Å². The highest BCUT2D eigenvalue weighted by molar-refractivity contribution is 5.74. The molecule has 0 heterocycles. The lowest BCUT2D eigenvalue weighted by Crippen LogP contribution is -2.57. The van der Waals surface area contributed by atoms with Crippen LogP contribution in [0.2, 0.25) is 0 Å². The Labute approximate surface area is 80.3 Å². The summed E-state index contributed by atoms with van der Waals surface area (Å²) in [7, 11) is 0. The second-order valence-corrected chi connectivity index (χ2v) is 3.89. The SMILES string of the molecule is CCCNC(=O)NC(C)(C)C(C)N. The van der Waals surface area contributed by atoms with E-state index >= 15 is 0 Å². The number of carbonyl (C=O) groups is 1. The summed E-state index contributed by atoms with van der Waals surface area (Å²) in [6.45, 7) is 8.39. The van der Waals surface area contributed by atoms with Gasteiger partial charge in [-0.05, 0) is 27.2 Å². The molecule has 0 saturated heterocycles. The molecule has 0 aromatic heterocycles. The number of rotatable bonds is 4. The molecule has 0 spiro atoms. The van der Waals surface area contributed by atoms with Crippen LogP contribution in [0.1, 0.15) is 34.1 Å². The molecule has 0 aromatic carbocycles. The van der Waals surface area contributed by atoms with Crippen molar-refractivity contribution in [3.8, 4) is 0 Å². The van der Waals surface area contributed by atoms with E-state index in [1.165, 1.54) is 0 Å². The van der Waals surface area contributed by atoms with Crippen molar-refractivity contribution < 1.29 is 4.79 Å². The third-order valence-corrected chi connectivity index (χ3v) is 2.11. The van der Waals surface area contributed by atoms with Gasteiger partial charge in [0.2, 0.25) is 0 Å². The van der Waals surface area contributed by atoms with Crippen LogP contribution in [0.4, 0.5) is 4.79 Å². The predicted molar refractivity (Wildman–Crippen MR) is 54.6 cm³/mol. The topological polar surface area (TPSA) is 67.2 Å². The van der Waals surface area contributed by atoms with Crippen molar-refractivity contribution in [3.63, 3.8) is 0 Å². The van der Waals surface area contributed by atoms with Crippen molar-refractivity contribution in [2.45, 2.75) is 45.7 Å². The highest BCUT2D eigenvalue weighted by Crippen LogP contribution is 2.05. The van der Waals surface area contributed by atoms with Gasteiger partial charge in [-0.1, -0.05) is 6.92 Å². The first-order valence-corrected chi connectivity index (χ1v) is 4.71. The molecule has 0 aliphatic rings. The largest absolute Gasteiger partial charge is 0.338 e. The quantitative estimate of drug-likeness (QED) is 0.610. The van der Waals surface area contributed by atoms with E-state index in [0.29, 0.717) is 6.54 Å². The smallest absolute Gasteiger partial charge is 0.315 e. The lowest BCUT2D eigenvalue weighted by molar-refractivity contribution is 0.225. The van der Waals surface area contributed by atoms with Crippen LogP contribution in [0.25, 0.3) is 0 Å². The lowest BCUT2D eigenvalue weighted by Gasteiger charge is -2.30. The number of hydrogen-bond acceptors (Lipinski definition) is 2. The van der Waals surface area contributed by atoms with Crippen molar-refractivity contribution in [2.75, 3.05) is 6.54 Å². The van der Waals surface area contributed by atoms with Gasteiger partial charge in [0.25, 0.3) is 0 Å². The van der Waals surface area contributed by atoms with Gasteiger partial charge in [0.1, 0.15) is 0 Å². The summed E-state index contributed by atoms with van der Waals surface area (Å²) < 4.78 is 0. The minimum absolute atomic E-state index is 0.0696. The second-order valence-electron chi connectivity index (χ2n) is 3.89. The van der Waals surface area contributed by atoms with Gasteiger partial charge in [0.15, 0.2) is 0 Å². The first-order chi connectivity index (χ1) is 5.90. The minimum atomic E-state index is -0.363.